The number of aliphatic hydroxyl groups excluding tert-OH is 3. The number of alkyl halides is 1. The Balaban J connectivity index is 2.28. The quantitative estimate of drug-likeness (QED) is 0.343. The molecule has 2 heterocycles. The molecule has 1 amide bonds. The van der Waals surface area contributed by atoms with Gasteiger partial charge >= 0.3 is 0 Å². The van der Waals surface area contributed by atoms with Crippen LogP contribution in [0.25, 0.3) is 0 Å². The van der Waals surface area contributed by atoms with Gasteiger partial charge in [-0.15, -0.1) is 23.4 Å². The van der Waals surface area contributed by atoms with Crippen molar-refractivity contribution in [2.45, 2.75) is 80.4 Å². The summed E-state index contributed by atoms with van der Waals surface area (Å²) in [6, 6.07) is -3.07. The Kier molecular flexibility index (Phi) is 6.63. The second-order valence-electron chi connectivity index (χ2n) is 7.27. The molecule has 9 atom stereocenters. The summed E-state index contributed by atoms with van der Waals surface area (Å²) in [7, 11) is 0. The van der Waals surface area contributed by atoms with Gasteiger partial charge in [-0.3, -0.25) is 9.69 Å². The molecular formula is C18H33ClN2O5S. The minimum absolute atomic E-state index is 0.0529. The van der Waals surface area contributed by atoms with Crippen LogP contribution in [0.5, 0.6) is 0 Å². The lowest BCUT2D eigenvalue weighted by molar-refractivity contribution is -0.205. The number of hydrogen-bond donors (Lipinski definition) is 4. The van der Waals surface area contributed by atoms with E-state index in [4.69, 9.17) is 21.8 Å². The number of nitrogens with zero attached hydrogens (tertiary/aromatic N) is 1. The van der Waals surface area contributed by atoms with Gasteiger partial charge in [0.15, 0.2) is 0 Å². The summed E-state index contributed by atoms with van der Waals surface area (Å²) in [4.78, 5) is 14.2. The third-order valence-corrected chi connectivity index (χ3v) is 6.32. The van der Waals surface area contributed by atoms with E-state index >= 15 is 0 Å². The van der Waals surface area contributed by atoms with Crippen molar-refractivity contribution in [3.8, 4) is 0 Å². The molecule has 0 aliphatic carbocycles. The smallest absolute Gasteiger partial charge is 0.237 e. The number of amides is 1. The van der Waals surface area contributed by atoms with Crippen molar-refractivity contribution in [3.63, 3.8) is 0 Å². The molecule has 2 rings (SSSR count). The maximum atomic E-state index is 13.2. The largest absolute Gasteiger partial charge is 0.388 e. The summed E-state index contributed by atoms with van der Waals surface area (Å²) in [6.07, 6.45) is -2.34. The first kappa shape index (κ1) is 17.7. The maximum Gasteiger partial charge on any atom is 0.237 e. The Morgan fingerprint density at radius 2 is 2.15 bits per heavy atom. The van der Waals surface area contributed by atoms with Crippen LogP contribution >= 0.6 is 23.4 Å². The van der Waals surface area contributed by atoms with Crippen LogP contribution in [0.1, 0.15) is 38.6 Å². The molecule has 0 aromatic rings. The molecule has 27 heavy (non-hydrogen) atoms. The predicted molar refractivity (Wildman–Crippen MR) is 107 cm³/mol. The van der Waals surface area contributed by atoms with Gasteiger partial charge in [-0.2, -0.15) is 0 Å². The topological polar surface area (TPSA) is 102 Å². The zero-order chi connectivity index (χ0) is 23.7. The van der Waals surface area contributed by atoms with Crippen molar-refractivity contribution in [3.05, 3.63) is 0 Å². The first-order valence-corrected chi connectivity index (χ1v) is 11.0. The molecule has 2 aliphatic rings. The number of nitrogens with one attached hydrogen (secondary N) is 1. The Bertz CT molecular complexity index is 632. The van der Waals surface area contributed by atoms with Gasteiger partial charge in [0, 0.05) is 10.7 Å². The van der Waals surface area contributed by atoms with Crippen LogP contribution in [-0.4, -0.2) is 93.2 Å². The van der Waals surface area contributed by atoms with Crippen LogP contribution in [0.3, 0.4) is 0 Å². The van der Waals surface area contributed by atoms with E-state index in [0.29, 0.717) is 6.42 Å². The minimum atomic E-state index is -2.63. The summed E-state index contributed by atoms with van der Waals surface area (Å²) >= 11 is 7.40. The van der Waals surface area contributed by atoms with Crippen molar-refractivity contribution in [1.29, 1.82) is 0 Å². The van der Waals surface area contributed by atoms with Crippen molar-refractivity contribution >= 4 is 29.3 Å². The van der Waals surface area contributed by atoms with Crippen LogP contribution in [0, 0.1) is 5.92 Å². The standard InChI is InChI=1S/C18H33ClN2O5S/c1-5-6-10-7-11(21(3)8-10)17(25)20-12(9(2)19)16-14(23)13(22)15(24)18(26-16)27-4/h9-16,18,22-24H,5-8H2,1-4H3,(H,20,25)/t9-,10+,11-,12+,13-,14+,15+,16+,18+/m0/s1/i3+1D3,11D. The second kappa shape index (κ2) is 10.1. The van der Waals surface area contributed by atoms with Gasteiger partial charge in [0.2, 0.25) is 5.91 Å². The number of thioether (sulfide) groups is 1. The molecule has 0 bridgehead atoms. The van der Waals surface area contributed by atoms with Gasteiger partial charge in [0.25, 0.3) is 0 Å². The molecule has 0 saturated carbocycles. The van der Waals surface area contributed by atoms with E-state index in [0.717, 1.165) is 23.1 Å². The molecule has 4 N–H and O–H groups in total. The average Bonchev–Trinajstić information content (AvgIpc) is 3.03. The van der Waals surface area contributed by atoms with E-state index in [-0.39, 0.29) is 18.9 Å². The highest BCUT2D eigenvalue weighted by molar-refractivity contribution is 7.99. The number of likely N-dealkylation sites (tertiary alicyclic amines) is 1. The number of aliphatic hydroxyl groups is 3. The normalized spacial score (nSPS) is 45.3. The predicted octanol–water partition coefficient (Wildman–Crippen LogP) is 0.390. The Labute approximate surface area is 176 Å². The molecule has 0 unspecified atom stereocenters. The lowest BCUT2D eigenvalue weighted by Crippen LogP contribution is -2.65. The summed E-state index contributed by atoms with van der Waals surface area (Å²) < 4.78 is 37.9. The SMILES string of the molecule is [2H][C@@]1(C(=O)N[C@@H]([C@H]2O[C@H](SC)[C@H](O)[C@@H](O)[C@H]2O)[C@H](C)Cl)C[C@@H](CCC)CN1[13C]([2H])([2H])[2H]. The number of carbonyl (C=O) groups excluding carboxylic acids is 1. The summed E-state index contributed by atoms with van der Waals surface area (Å²) in [6.45, 7) is 0.985. The van der Waals surface area contributed by atoms with Crippen molar-refractivity contribution < 1.29 is 30.3 Å². The number of rotatable bonds is 7. The van der Waals surface area contributed by atoms with Gasteiger partial charge < -0.3 is 25.4 Å². The molecule has 2 fully saturated rings. The van der Waals surface area contributed by atoms with Gasteiger partial charge in [0.05, 0.1) is 18.8 Å². The highest BCUT2D eigenvalue weighted by Crippen LogP contribution is 2.31. The van der Waals surface area contributed by atoms with E-state index in [2.05, 4.69) is 5.32 Å². The molecule has 9 heteroatoms. The molecule has 0 aromatic carbocycles. The number of likely N-dealkylation sites (N-methyl/N-ethyl adjacent to an activating group) is 1. The zero-order valence-electron chi connectivity index (χ0n) is 19.8. The number of ether oxygens (including phenoxy) is 1. The van der Waals surface area contributed by atoms with Crippen molar-refractivity contribution in [2.75, 3.05) is 19.8 Å². The average molecular weight is 430 g/mol. The van der Waals surface area contributed by atoms with Gasteiger partial charge in [-0.1, -0.05) is 13.3 Å². The van der Waals surface area contributed by atoms with Gasteiger partial charge in [-0.05, 0) is 38.9 Å². The number of carbonyl (C=O) groups is 1. The van der Waals surface area contributed by atoms with E-state index in [1.165, 1.54) is 0 Å². The zero-order valence-corrected chi connectivity index (χ0v) is 17.4. The molecule has 2 saturated heterocycles. The van der Waals surface area contributed by atoms with Gasteiger partial charge in [0.1, 0.15) is 29.9 Å². The van der Waals surface area contributed by atoms with Crippen LogP contribution in [0.15, 0.2) is 0 Å². The van der Waals surface area contributed by atoms with E-state index < -0.39 is 60.2 Å². The highest BCUT2D eigenvalue weighted by atomic mass is 35.5. The fourth-order valence-corrected chi connectivity index (χ4v) is 4.58. The first-order valence-electron chi connectivity index (χ1n) is 11.2. The fourth-order valence-electron chi connectivity index (χ4n) is 3.69. The Morgan fingerprint density at radius 3 is 2.70 bits per heavy atom. The molecule has 7 nitrogen and oxygen atoms in total. The molecule has 0 aromatic heterocycles. The Hall–Kier alpha value is -0.0900. The van der Waals surface area contributed by atoms with Crippen LogP contribution in [-0.2, 0) is 9.53 Å². The Morgan fingerprint density at radius 1 is 1.44 bits per heavy atom. The number of hydrogen-bond acceptors (Lipinski definition) is 7. The fraction of sp³-hybridized carbons (Fsp3) is 0.944. The van der Waals surface area contributed by atoms with E-state index in [1.54, 1.807) is 13.2 Å². The monoisotopic (exact) mass is 429 g/mol. The van der Waals surface area contributed by atoms with E-state index in [9.17, 15) is 20.1 Å². The van der Waals surface area contributed by atoms with Crippen molar-refractivity contribution in [1.82, 2.24) is 10.2 Å². The third-order valence-electron chi connectivity index (χ3n) is 5.19. The third kappa shape index (κ3) is 5.29. The lowest BCUT2D eigenvalue weighted by atomic mass is 9.92. The maximum absolute atomic E-state index is 13.2. The summed E-state index contributed by atoms with van der Waals surface area (Å²) in [5.74, 6) is -0.966. The lowest BCUT2D eigenvalue weighted by Gasteiger charge is -2.44. The minimum Gasteiger partial charge on any atom is -0.388 e. The molecule has 158 valence electrons. The second-order valence-corrected chi connectivity index (χ2v) is 8.89. The van der Waals surface area contributed by atoms with Crippen LogP contribution in [0.4, 0.5) is 0 Å². The highest BCUT2D eigenvalue weighted by Gasteiger charge is 2.48. The molecule has 2 aliphatic heterocycles. The molecule has 0 radical (unpaired) electrons. The van der Waals surface area contributed by atoms with Crippen LogP contribution in [0.2, 0.25) is 0 Å². The summed E-state index contributed by atoms with van der Waals surface area (Å²) in [5.41, 5.74) is -0.859. The van der Waals surface area contributed by atoms with E-state index in [1.807, 2.05) is 6.92 Å². The van der Waals surface area contributed by atoms with Crippen LogP contribution < -0.4 is 5.32 Å². The summed E-state index contributed by atoms with van der Waals surface area (Å²) in [5, 5.41) is 32.6. The first-order chi connectivity index (χ1) is 14.3. The molecular weight excluding hydrogens is 393 g/mol. The van der Waals surface area contributed by atoms with Crippen molar-refractivity contribution in [2.24, 2.45) is 5.92 Å². The molecule has 0 spiro atoms. The van der Waals surface area contributed by atoms with Gasteiger partial charge in [-0.25, -0.2) is 0 Å². The number of halogens is 1.